The highest BCUT2D eigenvalue weighted by molar-refractivity contribution is 7.10. The van der Waals surface area contributed by atoms with Gasteiger partial charge in [-0.3, -0.25) is 0 Å². The number of carbonyl (C=O) groups is 1. The van der Waals surface area contributed by atoms with Crippen LogP contribution in [0.2, 0.25) is 0 Å². The highest BCUT2D eigenvalue weighted by Gasteiger charge is 2.12. The average Bonchev–Trinajstić information content (AvgIpc) is 3.23. The van der Waals surface area contributed by atoms with Crippen molar-refractivity contribution in [3.63, 3.8) is 0 Å². The molecule has 0 saturated heterocycles. The summed E-state index contributed by atoms with van der Waals surface area (Å²) >= 11 is 3.24. The maximum absolute atomic E-state index is 12.2. The number of aryl methyl sites for hydroxylation is 1. The van der Waals surface area contributed by atoms with Gasteiger partial charge in [0.25, 0.3) is 0 Å². The summed E-state index contributed by atoms with van der Waals surface area (Å²) in [4.78, 5) is 19.7. The number of carbonyl (C=O) groups excluding carboxylic acids is 1. The van der Waals surface area contributed by atoms with Gasteiger partial charge in [-0.2, -0.15) is 0 Å². The van der Waals surface area contributed by atoms with Gasteiger partial charge in [0, 0.05) is 22.9 Å². The second kappa shape index (κ2) is 7.59. The van der Waals surface area contributed by atoms with Gasteiger partial charge in [-0.05, 0) is 23.9 Å². The maximum Gasteiger partial charge on any atom is 0.317 e. The highest BCUT2D eigenvalue weighted by Crippen LogP contribution is 2.21. The molecule has 0 fully saturated rings. The molecule has 2 aromatic heterocycles. The minimum Gasteiger partial charge on any atom is -0.331 e. The number of aromatic nitrogens is 1. The van der Waals surface area contributed by atoms with Gasteiger partial charge in [0.15, 0.2) is 0 Å². The van der Waals surface area contributed by atoms with Gasteiger partial charge in [0.05, 0.1) is 18.8 Å². The molecule has 3 aromatic rings. The van der Waals surface area contributed by atoms with E-state index >= 15 is 0 Å². The van der Waals surface area contributed by atoms with E-state index in [2.05, 4.69) is 28.7 Å². The average molecular weight is 358 g/mol. The van der Waals surface area contributed by atoms with Gasteiger partial charge >= 0.3 is 6.03 Å². The molecule has 24 heavy (non-hydrogen) atoms. The fourth-order valence-corrected chi connectivity index (χ4v) is 3.97. The molecule has 0 aliphatic heterocycles. The monoisotopic (exact) mass is 357 g/mol. The molecule has 124 valence electrons. The lowest BCUT2D eigenvalue weighted by Crippen LogP contribution is -2.36. The van der Waals surface area contributed by atoms with Crippen LogP contribution < -0.4 is 5.32 Å². The number of benzene rings is 1. The zero-order valence-electron chi connectivity index (χ0n) is 13.7. The summed E-state index contributed by atoms with van der Waals surface area (Å²) in [7, 11) is 1.81. The van der Waals surface area contributed by atoms with Crippen LogP contribution in [0.3, 0.4) is 0 Å². The Morgan fingerprint density at radius 2 is 2.00 bits per heavy atom. The molecule has 1 N–H and O–H groups in total. The second-order valence-corrected chi connectivity index (χ2v) is 7.48. The number of urea groups is 1. The molecular formula is C18H19N3OS2. The summed E-state index contributed by atoms with van der Waals surface area (Å²) in [5.41, 5.74) is 3.27. The van der Waals surface area contributed by atoms with E-state index in [-0.39, 0.29) is 6.03 Å². The van der Waals surface area contributed by atoms with Crippen LogP contribution in [0.5, 0.6) is 0 Å². The molecule has 2 heterocycles. The van der Waals surface area contributed by atoms with Gasteiger partial charge in [0.1, 0.15) is 5.01 Å². The number of hydrogen-bond acceptors (Lipinski definition) is 4. The standard InChI is InChI=1S/C18H19N3OS2/c1-13-8-9-23-16(13)11-21(2)18(22)19-10-17-20-15(12-24-17)14-6-4-3-5-7-14/h3-9,12H,10-11H2,1-2H3,(H,19,22). The Hall–Kier alpha value is -2.18. The number of nitrogens with one attached hydrogen (secondary N) is 1. The van der Waals surface area contributed by atoms with E-state index in [1.807, 2.05) is 42.8 Å². The van der Waals surface area contributed by atoms with Crippen LogP contribution in [-0.4, -0.2) is 23.0 Å². The third kappa shape index (κ3) is 4.01. The first-order chi connectivity index (χ1) is 11.6. The van der Waals surface area contributed by atoms with E-state index in [1.54, 1.807) is 27.6 Å². The zero-order valence-corrected chi connectivity index (χ0v) is 15.3. The molecule has 0 aliphatic rings. The van der Waals surface area contributed by atoms with Crippen LogP contribution in [0, 0.1) is 6.92 Å². The second-order valence-electron chi connectivity index (χ2n) is 5.53. The molecule has 0 bridgehead atoms. The van der Waals surface area contributed by atoms with Gasteiger partial charge in [-0.25, -0.2) is 9.78 Å². The summed E-state index contributed by atoms with van der Waals surface area (Å²) in [6, 6.07) is 12.0. The summed E-state index contributed by atoms with van der Waals surface area (Å²) in [6.45, 7) is 3.14. The number of thiazole rings is 1. The quantitative estimate of drug-likeness (QED) is 0.729. The Kier molecular flexibility index (Phi) is 5.27. The first-order valence-corrected chi connectivity index (χ1v) is 9.41. The molecule has 0 saturated carbocycles. The van der Waals surface area contributed by atoms with E-state index in [0.717, 1.165) is 16.3 Å². The molecule has 2 amide bonds. The van der Waals surface area contributed by atoms with Crippen LogP contribution in [0.4, 0.5) is 4.79 Å². The lowest BCUT2D eigenvalue weighted by molar-refractivity contribution is 0.207. The molecule has 0 atom stereocenters. The molecule has 0 radical (unpaired) electrons. The first-order valence-electron chi connectivity index (χ1n) is 7.65. The Morgan fingerprint density at radius 3 is 2.71 bits per heavy atom. The topological polar surface area (TPSA) is 45.2 Å². The molecule has 6 heteroatoms. The Bertz CT molecular complexity index is 811. The summed E-state index contributed by atoms with van der Waals surface area (Å²) in [5, 5.41) is 7.92. The minimum absolute atomic E-state index is 0.0840. The van der Waals surface area contributed by atoms with Crippen LogP contribution >= 0.6 is 22.7 Å². The van der Waals surface area contributed by atoms with Crippen LogP contribution in [0.1, 0.15) is 15.4 Å². The van der Waals surface area contributed by atoms with Gasteiger partial charge in [-0.15, -0.1) is 22.7 Å². The molecule has 0 unspecified atom stereocenters. The van der Waals surface area contributed by atoms with Gasteiger partial charge in [0.2, 0.25) is 0 Å². The van der Waals surface area contributed by atoms with E-state index < -0.39 is 0 Å². The summed E-state index contributed by atoms with van der Waals surface area (Å²) in [5.74, 6) is 0. The van der Waals surface area contributed by atoms with Crippen molar-refractivity contribution < 1.29 is 4.79 Å². The SMILES string of the molecule is Cc1ccsc1CN(C)C(=O)NCc1nc(-c2ccccc2)cs1. The van der Waals surface area contributed by atoms with Crippen LogP contribution in [0.25, 0.3) is 11.3 Å². The summed E-state index contributed by atoms with van der Waals surface area (Å²) in [6.07, 6.45) is 0. The molecular weight excluding hydrogens is 338 g/mol. The predicted molar refractivity (Wildman–Crippen MR) is 100 cm³/mol. The maximum atomic E-state index is 12.2. The zero-order chi connectivity index (χ0) is 16.9. The van der Waals surface area contributed by atoms with Crippen LogP contribution in [0.15, 0.2) is 47.2 Å². The Labute approximate surface area is 149 Å². The first kappa shape index (κ1) is 16.7. The molecule has 4 nitrogen and oxygen atoms in total. The molecule has 0 aliphatic carbocycles. The fourth-order valence-electron chi connectivity index (χ4n) is 2.27. The highest BCUT2D eigenvalue weighted by atomic mass is 32.1. The third-order valence-corrected chi connectivity index (χ3v) is 5.56. The van der Waals surface area contributed by atoms with E-state index in [9.17, 15) is 4.79 Å². The minimum atomic E-state index is -0.0840. The predicted octanol–water partition coefficient (Wildman–Crippen LogP) is 4.52. The number of nitrogens with zero attached hydrogens (tertiary/aromatic N) is 2. The van der Waals surface area contributed by atoms with Gasteiger partial charge in [-0.1, -0.05) is 30.3 Å². The normalized spacial score (nSPS) is 10.6. The molecule has 1 aromatic carbocycles. The Morgan fingerprint density at radius 1 is 1.21 bits per heavy atom. The lowest BCUT2D eigenvalue weighted by atomic mass is 10.2. The van der Waals surface area contributed by atoms with Crippen molar-refractivity contribution in [1.29, 1.82) is 0 Å². The van der Waals surface area contributed by atoms with E-state index in [4.69, 9.17) is 0 Å². The van der Waals surface area contributed by atoms with Gasteiger partial charge < -0.3 is 10.2 Å². The van der Waals surface area contributed by atoms with Crippen molar-refractivity contribution in [3.05, 3.63) is 62.6 Å². The Balaban J connectivity index is 1.55. The van der Waals surface area contributed by atoms with Crippen molar-refractivity contribution in [1.82, 2.24) is 15.2 Å². The van der Waals surface area contributed by atoms with E-state index in [0.29, 0.717) is 13.1 Å². The largest absolute Gasteiger partial charge is 0.331 e. The number of hydrogen-bond donors (Lipinski definition) is 1. The number of rotatable bonds is 5. The van der Waals surface area contributed by atoms with Crippen molar-refractivity contribution in [2.45, 2.75) is 20.0 Å². The molecule has 0 spiro atoms. The number of thiophene rings is 1. The van der Waals surface area contributed by atoms with E-state index in [1.165, 1.54) is 10.4 Å². The third-order valence-electron chi connectivity index (χ3n) is 3.71. The van der Waals surface area contributed by atoms with Crippen molar-refractivity contribution >= 4 is 28.7 Å². The fraction of sp³-hybridized carbons (Fsp3) is 0.222. The van der Waals surface area contributed by atoms with Crippen LogP contribution in [-0.2, 0) is 13.1 Å². The van der Waals surface area contributed by atoms with Crippen molar-refractivity contribution in [2.75, 3.05) is 7.05 Å². The molecule has 3 rings (SSSR count). The lowest BCUT2D eigenvalue weighted by Gasteiger charge is -2.17. The number of amides is 2. The van der Waals surface area contributed by atoms with Crippen molar-refractivity contribution in [3.8, 4) is 11.3 Å². The smallest absolute Gasteiger partial charge is 0.317 e. The van der Waals surface area contributed by atoms with Crippen molar-refractivity contribution in [2.24, 2.45) is 0 Å². The summed E-state index contributed by atoms with van der Waals surface area (Å²) < 4.78 is 0.